The molecule has 0 atom stereocenters. The number of hydrogen-bond donors (Lipinski definition) is 2. The number of amides is 1. The van der Waals surface area contributed by atoms with Crippen LogP contribution in [0.1, 0.15) is 21.5 Å². The summed E-state index contributed by atoms with van der Waals surface area (Å²) in [5, 5.41) is 9.13. The van der Waals surface area contributed by atoms with E-state index >= 15 is 0 Å². The van der Waals surface area contributed by atoms with E-state index < -0.39 is 0 Å². The molecule has 0 radical (unpaired) electrons. The van der Waals surface area contributed by atoms with E-state index in [1.165, 1.54) is 6.20 Å². The van der Waals surface area contributed by atoms with Gasteiger partial charge in [-0.1, -0.05) is 0 Å². The van der Waals surface area contributed by atoms with Crippen molar-refractivity contribution in [3.8, 4) is 0 Å². The summed E-state index contributed by atoms with van der Waals surface area (Å²) in [5.74, 6) is -0.134. The first-order valence-electron chi connectivity index (χ1n) is 4.94. The molecular weight excluding hydrogens is 204 g/mol. The van der Waals surface area contributed by atoms with Gasteiger partial charge in [0.1, 0.15) is 0 Å². The largest absolute Gasteiger partial charge is 0.348 e. The molecule has 0 fully saturated rings. The Morgan fingerprint density at radius 3 is 3.06 bits per heavy atom. The average Bonchev–Trinajstić information content (AvgIpc) is 2.81. The third-order valence-corrected chi connectivity index (χ3v) is 2.34. The van der Waals surface area contributed by atoms with Crippen molar-refractivity contribution in [1.29, 1.82) is 0 Å². The van der Waals surface area contributed by atoms with Gasteiger partial charge >= 0.3 is 0 Å². The number of H-pyrrole nitrogens is 1. The minimum Gasteiger partial charge on any atom is -0.348 e. The molecule has 0 aliphatic heterocycles. The highest BCUT2D eigenvalue weighted by molar-refractivity contribution is 5.93. The Labute approximate surface area is 92.9 Å². The van der Waals surface area contributed by atoms with Crippen molar-refractivity contribution in [2.24, 2.45) is 0 Å². The molecule has 1 amide bonds. The van der Waals surface area contributed by atoms with Gasteiger partial charge in [-0.25, -0.2) is 0 Å². The number of aryl methyl sites for hydroxylation is 1. The van der Waals surface area contributed by atoms with E-state index in [0.29, 0.717) is 12.1 Å². The van der Waals surface area contributed by atoms with Crippen molar-refractivity contribution in [3.63, 3.8) is 0 Å². The highest BCUT2D eigenvalue weighted by Gasteiger charge is 2.06. The maximum Gasteiger partial charge on any atom is 0.254 e. The lowest BCUT2D eigenvalue weighted by molar-refractivity contribution is 0.0951. The van der Waals surface area contributed by atoms with Gasteiger partial charge in [-0.3, -0.25) is 14.9 Å². The van der Waals surface area contributed by atoms with E-state index in [1.54, 1.807) is 18.6 Å². The molecule has 0 bridgehead atoms. The Morgan fingerprint density at radius 2 is 2.38 bits per heavy atom. The van der Waals surface area contributed by atoms with Crippen LogP contribution in [0.15, 0.2) is 30.9 Å². The van der Waals surface area contributed by atoms with Crippen molar-refractivity contribution in [2.45, 2.75) is 13.5 Å². The topological polar surface area (TPSA) is 70.7 Å². The second kappa shape index (κ2) is 4.57. The number of rotatable bonds is 3. The van der Waals surface area contributed by atoms with Crippen LogP contribution in [-0.2, 0) is 6.54 Å². The zero-order chi connectivity index (χ0) is 11.4. The third kappa shape index (κ3) is 2.25. The lowest BCUT2D eigenvalue weighted by atomic mass is 10.1. The number of hydrogen-bond acceptors (Lipinski definition) is 3. The quantitative estimate of drug-likeness (QED) is 0.805. The predicted octanol–water partition coefficient (Wildman–Crippen LogP) is 1.04. The second-order valence-corrected chi connectivity index (χ2v) is 3.47. The second-order valence-electron chi connectivity index (χ2n) is 3.47. The van der Waals surface area contributed by atoms with Gasteiger partial charge in [0.15, 0.2) is 0 Å². The van der Waals surface area contributed by atoms with Crippen LogP contribution in [-0.4, -0.2) is 21.1 Å². The minimum atomic E-state index is -0.134. The van der Waals surface area contributed by atoms with Gasteiger partial charge < -0.3 is 5.32 Å². The molecule has 0 unspecified atom stereocenters. The standard InChI is InChI=1S/C11H12N4O/c1-8-4-12-3-2-9(8)5-13-11(16)10-6-14-15-7-10/h2-4,6-7H,5H2,1H3,(H,13,16)(H,14,15). The fourth-order valence-corrected chi connectivity index (χ4v) is 1.35. The number of nitrogens with one attached hydrogen (secondary N) is 2. The van der Waals surface area contributed by atoms with Crippen LogP contribution in [0.4, 0.5) is 0 Å². The highest BCUT2D eigenvalue weighted by Crippen LogP contribution is 2.04. The Bertz CT molecular complexity index is 478. The number of aromatic nitrogens is 3. The Balaban J connectivity index is 1.98. The van der Waals surface area contributed by atoms with Crippen LogP contribution in [0.5, 0.6) is 0 Å². The summed E-state index contributed by atoms with van der Waals surface area (Å²) in [6, 6.07) is 1.89. The zero-order valence-electron chi connectivity index (χ0n) is 8.90. The van der Waals surface area contributed by atoms with Crippen LogP contribution in [0.3, 0.4) is 0 Å². The average molecular weight is 216 g/mol. The van der Waals surface area contributed by atoms with E-state index in [2.05, 4.69) is 20.5 Å². The number of pyridine rings is 1. The number of carbonyl (C=O) groups is 1. The van der Waals surface area contributed by atoms with Gasteiger partial charge in [0.2, 0.25) is 0 Å². The van der Waals surface area contributed by atoms with Crippen molar-refractivity contribution in [1.82, 2.24) is 20.5 Å². The molecule has 0 aromatic carbocycles. The van der Waals surface area contributed by atoms with E-state index in [9.17, 15) is 4.79 Å². The number of carbonyl (C=O) groups excluding carboxylic acids is 1. The van der Waals surface area contributed by atoms with E-state index in [4.69, 9.17) is 0 Å². The molecule has 0 aliphatic rings. The summed E-state index contributed by atoms with van der Waals surface area (Å²) in [6.45, 7) is 2.46. The van der Waals surface area contributed by atoms with Crippen LogP contribution in [0.2, 0.25) is 0 Å². The van der Waals surface area contributed by atoms with Crippen molar-refractivity contribution < 1.29 is 4.79 Å². The molecule has 5 heteroatoms. The van der Waals surface area contributed by atoms with Crippen LogP contribution < -0.4 is 5.32 Å². The molecule has 2 aromatic heterocycles. The van der Waals surface area contributed by atoms with E-state index in [0.717, 1.165) is 11.1 Å². The minimum absolute atomic E-state index is 0.134. The predicted molar refractivity (Wildman–Crippen MR) is 58.7 cm³/mol. The van der Waals surface area contributed by atoms with Gasteiger partial charge in [0.05, 0.1) is 11.8 Å². The SMILES string of the molecule is Cc1cnccc1CNC(=O)c1cn[nH]c1. The number of aromatic amines is 1. The van der Waals surface area contributed by atoms with Gasteiger partial charge in [-0.15, -0.1) is 0 Å². The molecule has 0 saturated carbocycles. The summed E-state index contributed by atoms with van der Waals surface area (Å²) in [7, 11) is 0. The fraction of sp³-hybridized carbons (Fsp3) is 0.182. The van der Waals surface area contributed by atoms with E-state index in [1.807, 2.05) is 13.0 Å². The molecule has 5 nitrogen and oxygen atoms in total. The Hall–Kier alpha value is -2.17. The monoisotopic (exact) mass is 216 g/mol. The molecular formula is C11H12N4O. The molecule has 2 aromatic rings. The van der Waals surface area contributed by atoms with Crippen molar-refractivity contribution in [3.05, 3.63) is 47.5 Å². The molecule has 0 aliphatic carbocycles. The van der Waals surface area contributed by atoms with Gasteiger partial charge in [-0.2, -0.15) is 5.10 Å². The smallest absolute Gasteiger partial charge is 0.254 e. The molecule has 2 heterocycles. The molecule has 82 valence electrons. The molecule has 0 saturated heterocycles. The molecule has 16 heavy (non-hydrogen) atoms. The summed E-state index contributed by atoms with van der Waals surface area (Å²) < 4.78 is 0. The van der Waals surface area contributed by atoms with Crippen molar-refractivity contribution in [2.75, 3.05) is 0 Å². The Morgan fingerprint density at radius 1 is 1.50 bits per heavy atom. The summed E-state index contributed by atoms with van der Waals surface area (Å²) >= 11 is 0. The summed E-state index contributed by atoms with van der Waals surface area (Å²) in [5.41, 5.74) is 2.66. The molecule has 0 spiro atoms. The van der Waals surface area contributed by atoms with Gasteiger partial charge in [0.25, 0.3) is 5.91 Å². The first kappa shape index (κ1) is 10.4. The first-order valence-corrected chi connectivity index (χ1v) is 4.94. The van der Waals surface area contributed by atoms with E-state index in [-0.39, 0.29) is 5.91 Å². The number of nitrogens with zero attached hydrogens (tertiary/aromatic N) is 2. The van der Waals surface area contributed by atoms with Gasteiger partial charge in [0, 0.05) is 25.1 Å². The fourth-order valence-electron chi connectivity index (χ4n) is 1.35. The summed E-state index contributed by atoms with van der Waals surface area (Å²) in [4.78, 5) is 15.6. The van der Waals surface area contributed by atoms with Crippen LogP contribution in [0, 0.1) is 6.92 Å². The molecule has 2 N–H and O–H groups in total. The molecule has 2 rings (SSSR count). The third-order valence-electron chi connectivity index (χ3n) is 2.34. The first-order chi connectivity index (χ1) is 7.77. The lowest BCUT2D eigenvalue weighted by Crippen LogP contribution is -2.22. The van der Waals surface area contributed by atoms with Crippen LogP contribution >= 0.6 is 0 Å². The van der Waals surface area contributed by atoms with Gasteiger partial charge in [-0.05, 0) is 24.1 Å². The highest BCUT2D eigenvalue weighted by atomic mass is 16.1. The van der Waals surface area contributed by atoms with Crippen molar-refractivity contribution >= 4 is 5.91 Å². The maximum atomic E-state index is 11.6. The maximum absolute atomic E-state index is 11.6. The zero-order valence-corrected chi connectivity index (χ0v) is 8.90. The summed E-state index contributed by atoms with van der Waals surface area (Å²) in [6.07, 6.45) is 6.55. The normalized spacial score (nSPS) is 10.1. The lowest BCUT2D eigenvalue weighted by Gasteiger charge is -2.05. The Kier molecular flexibility index (Phi) is 2.95. The van der Waals surface area contributed by atoms with Crippen LogP contribution in [0.25, 0.3) is 0 Å².